The summed E-state index contributed by atoms with van der Waals surface area (Å²) in [6.07, 6.45) is 8.81. The van der Waals surface area contributed by atoms with Crippen LogP contribution in [-0.2, 0) is 17.9 Å². The Balaban J connectivity index is 1.32. The number of rotatable bonds is 8. The van der Waals surface area contributed by atoms with Gasteiger partial charge in [0.15, 0.2) is 5.65 Å². The summed E-state index contributed by atoms with van der Waals surface area (Å²) in [6, 6.07) is 16.5. The minimum atomic E-state index is 0.161. The van der Waals surface area contributed by atoms with E-state index in [0.29, 0.717) is 13.2 Å². The van der Waals surface area contributed by atoms with E-state index in [-0.39, 0.29) is 12.1 Å². The normalized spacial score (nSPS) is 18.2. The number of hydrogen-bond donors (Lipinski definition) is 2. The average Bonchev–Trinajstić information content (AvgIpc) is 3.44. The van der Waals surface area contributed by atoms with Gasteiger partial charge in [0.25, 0.3) is 0 Å². The molecule has 1 fully saturated rings. The lowest BCUT2D eigenvalue weighted by Crippen LogP contribution is -2.31. The lowest BCUT2D eigenvalue weighted by atomic mass is 10.2. The van der Waals surface area contributed by atoms with Crippen LogP contribution in [0.3, 0.4) is 0 Å². The van der Waals surface area contributed by atoms with Crippen molar-refractivity contribution in [2.45, 2.75) is 44.6 Å². The molecular formula is C24H25BrN6O. The molecule has 5 rings (SSSR count). The van der Waals surface area contributed by atoms with Crippen molar-refractivity contribution in [2.24, 2.45) is 0 Å². The molecule has 1 saturated carbocycles. The van der Waals surface area contributed by atoms with Crippen LogP contribution >= 0.6 is 15.9 Å². The molecule has 32 heavy (non-hydrogen) atoms. The Kier molecular flexibility index (Phi) is 6.31. The number of hydrogen-bond acceptors (Lipinski definition) is 6. The highest BCUT2D eigenvalue weighted by Gasteiger charge is 2.28. The number of nitrogens with zero attached hydrogens (tertiary/aromatic N) is 4. The largest absolute Gasteiger partial charge is 0.371 e. The van der Waals surface area contributed by atoms with Crippen molar-refractivity contribution in [3.8, 4) is 0 Å². The Morgan fingerprint density at radius 2 is 1.94 bits per heavy atom. The summed E-state index contributed by atoms with van der Waals surface area (Å²) in [6.45, 7) is 1.28. The summed E-state index contributed by atoms with van der Waals surface area (Å²) < 4.78 is 8.93. The first-order valence-corrected chi connectivity index (χ1v) is 11.6. The van der Waals surface area contributed by atoms with Gasteiger partial charge in [-0.25, -0.2) is 4.98 Å². The number of nitrogens with one attached hydrogen (secondary N) is 2. The predicted octanol–water partition coefficient (Wildman–Crippen LogP) is 5.05. The van der Waals surface area contributed by atoms with E-state index in [0.717, 1.165) is 46.6 Å². The summed E-state index contributed by atoms with van der Waals surface area (Å²) in [7, 11) is 0. The van der Waals surface area contributed by atoms with E-state index >= 15 is 0 Å². The fraction of sp³-hybridized carbons (Fsp3) is 0.292. The molecular weight excluding hydrogens is 468 g/mol. The second kappa shape index (κ2) is 9.67. The van der Waals surface area contributed by atoms with Gasteiger partial charge in [0.2, 0.25) is 0 Å². The second-order valence-corrected chi connectivity index (χ2v) is 8.84. The molecule has 0 amide bonds. The Bertz CT molecular complexity index is 1170. The topological polar surface area (TPSA) is 76.4 Å². The van der Waals surface area contributed by atoms with Crippen LogP contribution in [0.5, 0.6) is 0 Å². The molecule has 0 aliphatic heterocycles. The van der Waals surface area contributed by atoms with Gasteiger partial charge in [-0.2, -0.15) is 9.61 Å². The smallest absolute Gasteiger partial charge is 0.173 e. The monoisotopic (exact) mass is 492 g/mol. The molecule has 164 valence electrons. The highest BCUT2D eigenvalue weighted by atomic mass is 79.9. The van der Waals surface area contributed by atoms with Gasteiger partial charge < -0.3 is 15.4 Å². The van der Waals surface area contributed by atoms with Crippen LogP contribution in [0.15, 0.2) is 71.6 Å². The van der Waals surface area contributed by atoms with E-state index in [1.807, 2.05) is 47.1 Å². The first kappa shape index (κ1) is 20.9. The third kappa shape index (κ3) is 4.76. The highest BCUT2D eigenvalue weighted by Crippen LogP contribution is 2.28. The zero-order valence-corrected chi connectivity index (χ0v) is 19.2. The Morgan fingerprint density at radius 1 is 1.06 bits per heavy atom. The van der Waals surface area contributed by atoms with E-state index in [4.69, 9.17) is 9.72 Å². The molecule has 1 aliphatic rings. The maximum absolute atomic E-state index is 6.27. The summed E-state index contributed by atoms with van der Waals surface area (Å²) in [5, 5.41) is 11.6. The minimum Gasteiger partial charge on any atom is -0.371 e. The van der Waals surface area contributed by atoms with E-state index in [2.05, 4.69) is 48.8 Å². The molecule has 1 aliphatic carbocycles. The van der Waals surface area contributed by atoms with Crippen molar-refractivity contribution < 1.29 is 4.74 Å². The number of fused-ring (bicyclic) bond motifs is 1. The summed E-state index contributed by atoms with van der Waals surface area (Å²) in [5.74, 6) is 1.68. The minimum absolute atomic E-state index is 0.161. The van der Waals surface area contributed by atoms with Crippen LogP contribution in [0.1, 0.15) is 30.4 Å². The summed E-state index contributed by atoms with van der Waals surface area (Å²) in [4.78, 5) is 8.99. The Morgan fingerprint density at radius 3 is 2.78 bits per heavy atom. The third-order valence-corrected chi connectivity index (χ3v) is 6.28. The van der Waals surface area contributed by atoms with Crippen LogP contribution in [-0.4, -0.2) is 31.7 Å². The van der Waals surface area contributed by atoms with Crippen LogP contribution in [0, 0.1) is 0 Å². The van der Waals surface area contributed by atoms with Crippen molar-refractivity contribution in [2.75, 3.05) is 10.6 Å². The number of pyridine rings is 1. The molecule has 4 aromatic rings. The van der Waals surface area contributed by atoms with Crippen molar-refractivity contribution in [3.63, 3.8) is 0 Å². The molecule has 2 atom stereocenters. The lowest BCUT2D eigenvalue weighted by Gasteiger charge is -2.22. The second-order valence-electron chi connectivity index (χ2n) is 7.99. The molecule has 0 radical (unpaired) electrons. The first-order valence-electron chi connectivity index (χ1n) is 10.9. The molecule has 0 spiro atoms. The van der Waals surface area contributed by atoms with E-state index < -0.39 is 0 Å². The van der Waals surface area contributed by atoms with Crippen molar-refractivity contribution in [1.29, 1.82) is 0 Å². The molecule has 7 nitrogen and oxygen atoms in total. The molecule has 8 heteroatoms. The number of halogens is 1. The first-order chi connectivity index (χ1) is 15.8. The quantitative estimate of drug-likeness (QED) is 0.358. The molecule has 3 heterocycles. The Labute approximate surface area is 195 Å². The lowest BCUT2D eigenvalue weighted by molar-refractivity contribution is 0.0394. The number of benzene rings is 1. The standard InChI is InChI=1S/C24H25BrN6O/c25-19-15-28-31-23(27-14-18-8-5-11-26-13-18)12-22(30-24(19)31)29-20-9-4-10-21(20)32-16-17-6-2-1-3-7-17/h1-3,5-8,11-13,15,20-21,27H,4,9-10,14,16H2,(H,29,30)/t20-,21-/m1/s1. The van der Waals surface area contributed by atoms with Crippen LogP contribution in [0.25, 0.3) is 5.65 Å². The molecule has 0 saturated heterocycles. The van der Waals surface area contributed by atoms with Crippen molar-refractivity contribution in [3.05, 3.63) is 82.7 Å². The number of anilines is 2. The zero-order valence-electron chi connectivity index (χ0n) is 17.6. The molecule has 0 bridgehead atoms. The summed E-state index contributed by atoms with van der Waals surface area (Å²) in [5.41, 5.74) is 3.06. The maximum atomic E-state index is 6.27. The van der Waals surface area contributed by atoms with Gasteiger partial charge in [0.05, 0.1) is 29.4 Å². The van der Waals surface area contributed by atoms with E-state index in [1.165, 1.54) is 5.56 Å². The van der Waals surface area contributed by atoms with Crippen LogP contribution in [0.4, 0.5) is 11.6 Å². The molecule has 0 unspecified atom stereocenters. The van der Waals surface area contributed by atoms with E-state index in [9.17, 15) is 0 Å². The number of ether oxygens (including phenoxy) is 1. The fourth-order valence-electron chi connectivity index (χ4n) is 4.09. The number of aromatic nitrogens is 4. The highest BCUT2D eigenvalue weighted by molar-refractivity contribution is 9.10. The van der Waals surface area contributed by atoms with Crippen molar-refractivity contribution in [1.82, 2.24) is 19.6 Å². The van der Waals surface area contributed by atoms with Crippen molar-refractivity contribution >= 4 is 33.2 Å². The van der Waals surface area contributed by atoms with Gasteiger partial charge in [0, 0.05) is 25.0 Å². The van der Waals surface area contributed by atoms with Gasteiger partial charge in [-0.15, -0.1) is 0 Å². The molecule has 3 aromatic heterocycles. The maximum Gasteiger partial charge on any atom is 0.173 e. The fourth-order valence-corrected chi connectivity index (χ4v) is 4.44. The predicted molar refractivity (Wildman–Crippen MR) is 129 cm³/mol. The zero-order chi connectivity index (χ0) is 21.8. The van der Waals surface area contributed by atoms with Gasteiger partial charge in [-0.3, -0.25) is 4.98 Å². The molecule has 1 aromatic carbocycles. The molecule has 2 N–H and O–H groups in total. The Hall–Kier alpha value is -2.97. The van der Waals surface area contributed by atoms with E-state index in [1.54, 1.807) is 12.4 Å². The van der Waals surface area contributed by atoms with Gasteiger partial charge >= 0.3 is 0 Å². The summed E-state index contributed by atoms with van der Waals surface area (Å²) >= 11 is 3.57. The van der Waals surface area contributed by atoms with Gasteiger partial charge in [-0.1, -0.05) is 36.4 Å². The van der Waals surface area contributed by atoms with Gasteiger partial charge in [-0.05, 0) is 52.4 Å². The third-order valence-electron chi connectivity index (χ3n) is 5.72. The SMILES string of the molecule is Brc1cnn2c(NCc3cccnc3)cc(N[C@@H]3CCC[C@H]3OCc3ccccc3)nc12. The van der Waals surface area contributed by atoms with Gasteiger partial charge in [0.1, 0.15) is 11.6 Å². The average molecular weight is 493 g/mol. The van der Waals surface area contributed by atoms with Crippen LogP contribution < -0.4 is 10.6 Å². The van der Waals surface area contributed by atoms with Crippen LogP contribution in [0.2, 0.25) is 0 Å².